The summed E-state index contributed by atoms with van der Waals surface area (Å²) in [5.41, 5.74) is 1.72. The molecule has 2 aliphatic rings. The molecular formula is C19H20N4O3S. The van der Waals surface area contributed by atoms with E-state index in [2.05, 4.69) is 22.1 Å². The molecule has 0 aliphatic carbocycles. The normalized spacial score (nSPS) is 16.4. The molecule has 0 spiro atoms. The van der Waals surface area contributed by atoms with E-state index in [0.29, 0.717) is 16.3 Å². The fourth-order valence-electron chi connectivity index (χ4n) is 3.49. The molecule has 0 saturated carbocycles. The van der Waals surface area contributed by atoms with Crippen molar-refractivity contribution in [1.29, 1.82) is 0 Å². The molecular weight excluding hydrogens is 364 g/mol. The van der Waals surface area contributed by atoms with Crippen LogP contribution in [0.15, 0.2) is 24.3 Å². The van der Waals surface area contributed by atoms with E-state index in [1.807, 2.05) is 0 Å². The molecule has 0 atom stereocenters. The zero-order valence-electron chi connectivity index (χ0n) is 15.0. The third-order valence-electron chi connectivity index (χ3n) is 4.78. The van der Waals surface area contributed by atoms with Gasteiger partial charge in [-0.3, -0.25) is 24.2 Å². The number of hydrogen-bond donors (Lipinski definition) is 1. The first-order chi connectivity index (χ1) is 13.1. The molecule has 0 saturated heterocycles. The van der Waals surface area contributed by atoms with Crippen molar-refractivity contribution in [2.24, 2.45) is 0 Å². The standard InChI is InChI=1S/C19H20N4O3S/c1-2-8-22-9-7-14-15(10-22)27-19(20-14)21-16(24)11-23-17(25)12-5-3-4-6-13(12)18(23)26/h3-6H,2,7-11H2,1H3,(H,20,21,24). The van der Waals surface area contributed by atoms with Crippen molar-refractivity contribution in [2.45, 2.75) is 26.3 Å². The summed E-state index contributed by atoms with van der Waals surface area (Å²) in [5, 5.41) is 3.27. The monoisotopic (exact) mass is 384 g/mol. The van der Waals surface area contributed by atoms with Gasteiger partial charge in [-0.15, -0.1) is 11.3 Å². The van der Waals surface area contributed by atoms with Gasteiger partial charge in [-0.25, -0.2) is 4.98 Å². The van der Waals surface area contributed by atoms with Gasteiger partial charge in [0.15, 0.2) is 5.13 Å². The van der Waals surface area contributed by atoms with Gasteiger partial charge >= 0.3 is 0 Å². The minimum absolute atomic E-state index is 0.307. The average Bonchev–Trinajstić information content (AvgIpc) is 3.16. The summed E-state index contributed by atoms with van der Waals surface area (Å²) in [4.78, 5) is 46.1. The number of rotatable bonds is 5. The van der Waals surface area contributed by atoms with Crippen molar-refractivity contribution >= 4 is 34.2 Å². The highest BCUT2D eigenvalue weighted by Gasteiger charge is 2.36. The fourth-order valence-corrected chi connectivity index (χ4v) is 4.56. The summed E-state index contributed by atoms with van der Waals surface area (Å²) in [7, 11) is 0. The first kappa shape index (κ1) is 17.8. The highest BCUT2D eigenvalue weighted by Crippen LogP contribution is 2.28. The summed E-state index contributed by atoms with van der Waals surface area (Å²) >= 11 is 1.47. The van der Waals surface area contributed by atoms with Crippen molar-refractivity contribution < 1.29 is 14.4 Å². The summed E-state index contributed by atoms with van der Waals surface area (Å²) in [6.07, 6.45) is 1.98. The summed E-state index contributed by atoms with van der Waals surface area (Å²) in [6, 6.07) is 6.61. The highest BCUT2D eigenvalue weighted by atomic mass is 32.1. The molecule has 8 heteroatoms. The van der Waals surface area contributed by atoms with Gasteiger partial charge in [0.1, 0.15) is 6.54 Å². The number of anilines is 1. The number of nitrogens with zero attached hydrogens (tertiary/aromatic N) is 3. The zero-order valence-corrected chi connectivity index (χ0v) is 15.8. The second-order valence-electron chi connectivity index (χ2n) is 6.71. The van der Waals surface area contributed by atoms with Gasteiger partial charge in [0.05, 0.1) is 16.8 Å². The molecule has 140 valence electrons. The zero-order chi connectivity index (χ0) is 19.0. The lowest BCUT2D eigenvalue weighted by Gasteiger charge is -2.24. The highest BCUT2D eigenvalue weighted by molar-refractivity contribution is 7.15. The number of nitrogens with one attached hydrogen (secondary N) is 1. The Morgan fingerprint density at radius 1 is 1.22 bits per heavy atom. The molecule has 3 heterocycles. The van der Waals surface area contributed by atoms with Gasteiger partial charge in [0.25, 0.3) is 11.8 Å². The van der Waals surface area contributed by atoms with Crippen LogP contribution in [0, 0.1) is 0 Å². The Balaban J connectivity index is 1.41. The van der Waals surface area contributed by atoms with Crippen LogP contribution in [0.3, 0.4) is 0 Å². The topological polar surface area (TPSA) is 82.6 Å². The number of carbonyl (C=O) groups is 3. The Hall–Kier alpha value is -2.58. The average molecular weight is 384 g/mol. The lowest BCUT2D eigenvalue weighted by molar-refractivity contribution is -0.116. The molecule has 0 unspecified atom stereocenters. The second kappa shape index (κ2) is 7.21. The third kappa shape index (κ3) is 3.38. The van der Waals surface area contributed by atoms with E-state index in [4.69, 9.17) is 0 Å². The van der Waals surface area contributed by atoms with E-state index < -0.39 is 17.7 Å². The van der Waals surface area contributed by atoms with Crippen LogP contribution < -0.4 is 5.32 Å². The Bertz CT molecular complexity index is 888. The molecule has 4 rings (SSSR count). The molecule has 0 fully saturated rings. The largest absolute Gasteiger partial charge is 0.300 e. The van der Waals surface area contributed by atoms with Crippen LogP contribution in [0.4, 0.5) is 5.13 Å². The first-order valence-corrected chi connectivity index (χ1v) is 9.84. The van der Waals surface area contributed by atoms with Gasteiger partial charge in [-0.2, -0.15) is 0 Å². The number of benzene rings is 1. The first-order valence-electron chi connectivity index (χ1n) is 9.03. The second-order valence-corrected chi connectivity index (χ2v) is 7.79. The summed E-state index contributed by atoms with van der Waals surface area (Å²) in [5.74, 6) is -1.28. The van der Waals surface area contributed by atoms with Crippen molar-refractivity contribution in [3.63, 3.8) is 0 Å². The lowest BCUT2D eigenvalue weighted by Crippen LogP contribution is -2.37. The number of aromatic nitrogens is 1. The fraction of sp³-hybridized carbons (Fsp3) is 0.368. The maximum Gasteiger partial charge on any atom is 0.262 e. The Morgan fingerprint density at radius 2 is 1.93 bits per heavy atom. The SMILES string of the molecule is CCCN1CCc2nc(NC(=O)CN3C(=O)c4ccccc4C3=O)sc2C1. The van der Waals surface area contributed by atoms with E-state index in [-0.39, 0.29) is 6.54 Å². The predicted molar refractivity (Wildman–Crippen MR) is 102 cm³/mol. The minimum atomic E-state index is -0.431. The summed E-state index contributed by atoms with van der Waals surface area (Å²) in [6.45, 7) is 4.74. The number of amides is 3. The molecule has 7 nitrogen and oxygen atoms in total. The van der Waals surface area contributed by atoms with Crippen LogP contribution in [0.1, 0.15) is 44.6 Å². The molecule has 1 N–H and O–H groups in total. The Labute approximate surface area is 161 Å². The van der Waals surface area contributed by atoms with Crippen molar-refractivity contribution in [1.82, 2.24) is 14.8 Å². The van der Waals surface area contributed by atoms with Crippen LogP contribution in [-0.2, 0) is 17.8 Å². The van der Waals surface area contributed by atoms with Crippen LogP contribution in [-0.4, -0.2) is 52.1 Å². The number of hydrogen-bond acceptors (Lipinski definition) is 6. The van der Waals surface area contributed by atoms with Crippen molar-refractivity contribution in [2.75, 3.05) is 25.0 Å². The minimum Gasteiger partial charge on any atom is -0.300 e. The maximum absolute atomic E-state index is 12.4. The molecule has 3 amide bonds. The predicted octanol–water partition coefficient (Wildman–Crippen LogP) is 2.15. The Morgan fingerprint density at radius 3 is 2.59 bits per heavy atom. The van der Waals surface area contributed by atoms with Crippen molar-refractivity contribution in [3.05, 3.63) is 46.0 Å². The van der Waals surface area contributed by atoms with Gasteiger partial charge < -0.3 is 5.32 Å². The van der Waals surface area contributed by atoms with E-state index in [1.165, 1.54) is 16.2 Å². The molecule has 2 aromatic rings. The number of imide groups is 1. The van der Waals surface area contributed by atoms with E-state index in [0.717, 1.165) is 43.1 Å². The smallest absolute Gasteiger partial charge is 0.262 e. The van der Waals surface area contributed by atoms with Gasteiger partial charge in [-0.05, 0) is 25.1 Å². The lowest BCUT2D eigenvalue weighted by atomic mass is 10.1. The molecule has 2 aliphatic heterocycles. The molecule has 0 bridgehead atoms. The van der Waals surface area contributed by atoms with Gasteiger partial charge in [-0.1, -0.05) is 19.1 Å². The van der Waals surface area contributed by atoms with Crippen LogP contribution >= 0.6 is 11.3 Å². The van der Waals surface area contributed by atoms with Crippen LogP contribution in [0.2, 0.25) is 0 Å². The number of thiazole rings is 1. The number of fused-ring (bicyclic) bond motifs is 2. The summed E-state index contributed by atoms with van der Waals surface area (Å²) < 4.78 is 0. The molecule has 1 aromatic carbocycles. The molecule has 0 radical (unpaired) electrons. The quantitative estimate of drug-likeness (QED) is 0.799. The Kier molecular flexibility index (Phi) is 4.75. The number of carbonyl (C=O) groups excluding carboxylic acids is 3. The van der Waals surface area contributed by atoms with E-state index >= 15 is 0 Å². The third-order valence-corrected chi connectivity index (χ3v) is 5.77. The van der Waals surface area contributed by atoms with E-state index in [1.54, 1.807) is 24.3 Å². The van der Waals surface area contributed by atoms with Crippen molar-refractivity contribution in [3.8, 4) is 0 Å². The maximum atomic E-state index is 12.4. The van der Waals surface area contributed by atoms with Crippen LogP contribution in [0.25, 0.3) is 0 Å². The van der Waals surface area contributed by atoms with E-state index in [9.17, 15) is 14.4 Å². The molecule has 27 heavy (non-hydrogen) atoms. The molecule has 1 aromatic heterocycles. The van der Waals surface area contributed by atoms with Crippen LogP contribution in [0.5, 0.6) is 0 Å². The van der Waals surface area contributed by atoms with Gasteiger partial charge in [0, 0.05) is 24.4 Å². The van der Waals surface area contributed by atoms with Gasteiger partial charge in [0.2, 0.25) is 5.91 Å².